The van der Waals surface area contributed by atoms with Crippen LogP contribution in [0.2, 0.25) is 0 Å². The maximum atomic E-state index is 12.9. The van der Waals surface area contributed by atoms with E-state index in [4.69, 9.17) is 20.6 Å². The summed E-state index contributed by atoms with van der Waals surface area (Å²) in [6, 6.07) is 0. The molecule has 0 saturated carbocycles. The van der Waals surface area contributed by atoms with Crippen LogP contribution in [0.1, 0.15) is 26.7 Å². The van der Waals surface area contributed by atoms with E-state index in [-0.39, 0.29) is 13.2 Å². The molecule has 1 atom stereocenters. The van der Waals surface area contributed by atoms with Crippen molar-refractivity contribution in [1.29, 1.82) is 0 Å². The first-order valence-electron chi connectivity index (χ1n) is 5.92. The van der Waals surface area contributed by atoms with E-state index < -0.39 is 31.5 Å². The second kappa shape index (κ2) is 8.87. The number of rotatable bonds is 9. The Morgan fingerprint density at radius 2 is 1.65 bits per heavy atom. The van der Waals surface area contributed by atoms with E-state index >= 15 is 0 Å². The smallest absolute Gasteiger partial charge is 0.437 e. The maximum Gasteiger partial charge on any atom is 0.437 e. The van der Waals surface area contributed by atoms with Gasteiger partial charge in [-0.2, -0.15) is 13.2 Å². The minimum atomic E-state index is -5.08. The predicted octanol–water partition coefficient (Wildman–Crippen LogP) is 3.70. The number of alkyl halides is 4. The fraction of sp³-hybridized carbons (Fsp3) is 0.900. The van der Waals surface area contributed by atoms with Gasteiger partial charge in [-0.3, -0.25) is 9.36 Å². The van der Waals surface area contributed by atoms with Gasteiger partial charge in [-0.1, -0.05) is 13.8 Å². The Morgan fingerprint density at radius 3 is 1.95 bits per heavy atom. The van der Waals surface area contributed by atoms with Gasteiger partial charge in [0.15, 0.2) is 0 Å². The molecule has 0 bridgehead atoms. The highest BCUT2D eigenvalue weighted by Crippen LogP contribution is 2.58. The number of carbonyl (C=O) groups excluding carboxylic acids is 1. The third-order valence-corrected chi connectivity index (χ3v) is 4.15. The summed E-state index contributed by atoms with van der Waals surface area (Å²) in [6.07, 6.45) is -4.43. The molecule has 0 heterocycles. The highest BCUT2D eigenvalue weighted by Gasteiger charge is 2.57. The van der Waals surface area contributed by atoms with Crippen LogP contribution in [0.4, 0.5) is 13.2 Å². The molecule has 0 aromatic rings. The normalized spacial score (nSPS) is 14.1. The Balaban J connectivity index is 5.27. The average molecular weight is 341 g/mol. The average Bonchev–Trinajstić information content (AvgIpc) is 2.38. The van der Waals surface area contributed by atoms with E-state index in [2.05, 4.69) is 4.74 Å². The van der Waals surface area contributed by atoms with Crippen LogP contribution in [0.5, 0.6) is 0 Å². The SMILES string of the molecule is CCCOP(=O)(OCCC)[C@@H](OC(=O)CCl)C(F)(F)F. The molecule has 0 amide bonds. The molecule has 0 spiro atoms. The van der Waals surface area contributed by atoms with E-state index in [1.165, 1.54) is 0 Å². The summed E-state index contributed by atoms with van der Waals surface area (Å²) in [5.74, 6) is -5.12. The van der Waals surface area contributed by atoms with Crippen molar-refractivity contribution in [2.24, 2.45) is 0 Å². The van der Waals surface area contributed by atoms with Crippen LogP contribution in [0, 0.1) is 0 Å². The summed E-state index contributed by atoms with van der Waals surface area (Å²) in [5.41, 5.74) is 0. The molecule has 0 rings (SSSR count). The van der Waals surface area contributed by atoms with Gasteiger partial charge >= 0.3 is 19.7 Å². The summed E-state index contributed by atoms with van der Waals surface area (Å²) >= 11 is 5.09. The third kappa shape index (κ3) is 6.43. The molecule has 0 aromatic heterocycles. The molecule has 0 aliphatic carbocycles. The van der Waals surface area contributed by atoms with E-state index in [1.54, 1.807) is 13.8 Å². The molecule has 0 aromatic carbocycles. The van der Waals surface area contributed by atoms with Crippen LogP contribution < -0.4 is 0 Å². The van der Waals surface area contributed by atoms with E-state index in [9.17, 15) is 22.5 Å². The molecule has 0 radical (unpaired) electrons. The molecular weight excluding hydrogens is 324 g/mol. The lowest BCUT2D eigenvalue weighted by atomic mass is 10.5. The number of esters is 1. The second-order valence-electron chi connectivity index (χ2n) is 3.72. The molecule has 0 fully saturated rings. The Morgan fingerprint density at radius 1 is 1.20 bits per heavy atom. The summed E-state index contributed by atoms with van der Waals surface area (Å²) in [7, 11) is -4.68. The van der Waals surface area contributed by atoms with Crippen LogP contribution >= 0.6 is 19.2 Å². The number of halogens is 4. The molecule has 20 heavy (non-hydrogen) atoms. The third-order valence-electron chi connectivity index (χ3n) is 1.87. The second-order valence-corrected chi connectivity index (χ2v) is 6.06. The molecule has 10 heteroatoms. The lowest BCUT2D eigenvalue weighted by Gasteiger charge is -2.27. The number of hydrogen-bond donors (Lipinski definition) is 0. The molecule has 0 N–H and O–H groups in total. The Kier molecular flexibility index (Phi) is 8.74. The van der Waals surface area contributed by atoms with Crippen molar-refractivity contribution in [3.63, 3.8) is 0 Å². The molecule has 120 valence electrons. The highest BCUT2D eigenvalue weighted by molar-refractivity contribution is 7.54. The van der Waals surface area contributed by atoms with Crippen molar-refractivity contribution >= 4 is 25.2 Å². The standard InChI is InChI=1S/C10H17ClF3O5P/c1-3-5-17-20(16,18-6-4-2)9(10(12,13)14)19-8(15)7-11/h9H,3-7H2,1-2H3/t9-/m1/s1. The van der Waals surface area contributed by atoms with Gasteiger partial charge in [0.25, 0.3) is 5.85 Å². The van der Waals surface area contributed by atoms with E-state index in [0.29, 0.717) is 12.8 Å². The van der Waals surface area contributed by atoms with Crippen molar-refractivity contribution in [2.45, 2.75) is 38.7 Å². The number of ether oxygens (including phenoxy) is 1. The lowest BCUT2D eigenvalue weighted by Crippen LogP contribution is -2.35. The van der Waals surface area contributed by atoms with Gasteiger partial charge < -0.3 is 13.8 Å². The first-order valence-corrected chi connectivity index (χ1v) is 8.06. The Labute approximate surface area is 120 Å². The molecule has 0 saturated heterocycles. The number of carbonyl (C=O) groups is 1. The molecular formula is C10H17ClF3O5P. The first-order chi connectivity index (χ1) is 9.21. The van der Waals surface area contributed by atoms with Crippen LogP contribution in [0.25, 0.3) is 0 Å². The maximum absolute atomic E-state index is 12.9. The quantitative estimate of drug-likeness (QED) is 0.364. The monoisotopic (exact) mass is 340 g/mol. The van der Waals surface area contributed by atoms with Crippen LogP contribution in [-0.2, 0) is 23.1 Å². The van der Waals surface area contributed by atoms with Gasteiger partial charge in [-0.25, -0.2) is 0 Å². The summed E-state index contributed by atoms with van der Waals surface area (Å²) in [5, 5.41) is 0. The zero-order valence-electron chi connectivity index (χ0n) is 11.1. The fourth-order valence-electron chi connectivity index (χ4n) is 1.08. The minimum Gasteiger partial charge on any atom is -0.438 e. The zero-order valence-corrected chi connectivity index (χ0v) is 12.8. The van der Waals surface area contributed by atoms with Crippen molar-refractivity contribution in [3.05, 3.63) is 0 Å². The van der Waals surface area contributed by atoms with Gasteiger partial charge in [0, 0.05) is 0 Å². The van der Waals surface area contributed by atoms with Crippen LogP contribution in [0.3, 0.4) is 0 Å². The fourth-order valence-corrected chi connectivity index (χ4v) is 2.96. The van der Waals surface area contributed by atoms with E-state index in [1.807, 2.05) is 0 Å². The van der Waals surface area contributed by atoms with Gasteiger partial charge in [-0.05, 0) is 12.8 Å². The molecule has 0 unspecified atom stereocenters. The predicted molar refractivity (Wildman–Crippen MR) is 66.7 cm³/mol. The van der Waals surface area contributed by atoms with Crippen molar-refractivity contribution in [1.82, 2.24) is 0 Å². The molecule has 0 aliphatic rings. The van der Waals surface area contributed by atoms with Gasteiger partial charge in [0.1, 0.15) is 5.88 Å². The molecule has 5 nitrogen and oxygen atoms in total. The largest absolute Gasteiger partial charge is 0.438 e. The van der Waals surface area contributed by atoms with Crippen molar-refractivity contribution in [3.8, 4) is 0 Å². The van der Waals surface area contributed by atoms with Gasteiger partial charge in [0.2, 0.25) is 0 Å². The Bertz CT molecular complexity index is 338. The number of hydrogen-bond acceptors (Lipinski definition) is 5. The van der Waals surface area contributed by atoms with Crippen LogP contribution in [-0.4, -0.2) is 37.1 Å². The van der Waals surface area contributed by atoms with Crippen molar-refractivity contribution < 1.29 is 36.3 Å². The van der Waals surface area contributed by atoms with Gasteiger partial charge in [-0.15, -0.1) is 11.6 Å². The summed E-state index contributed by atoms with van der Waals surface area (Å²) in [4.78, 5) is 11.0. The highest BCUT2D eigenvalue weighted by atomic mass is 35.5. The topological polar surface area (TPSA) is 61.8 Å². The summed E-state index contributed by atoms with van der Waals surface area (Å²) in [6.45, 7) is 2.81. The lowest BCUT2D eigenvalue weighted by molar-refractivity contribution is -0.202. The van der Waals surface area contributed by atoms with Crippen LogP contribution in [0.15, 0.2) is 0 Å². The van der Waals surface area contributed by atoms with E-state index in [0.717, 1.165) is 0 Å². The van der Waals surface area contributed by atoms with Gasteiger partial charge in [0.05, 0.1) is 13.2 Å². The minimum absolute atomic E-state index is 0.216. The van der Waals surface area contributed by atoms with Crippen molar-refractivity contribution in [2.75, 3.05) is 19.1 Å². The molecule has 0 aliphatic heterocycles. The zero-order chi connectivity index (χ0) is 15.8. The summed E-state index contributed by atoms with van der Waals surface area (Å²) < 4.78 is 64.5. The Hall–Kier alpha value is -0.300. The first kappa shape index (κ1) is 19.7.